The summed E-state index contributed by atoms with van der Waals surface area (Å²) >= 11 is 0. The monoisotopic (exact) mass is 265 g/mol. The van der Waals surface area contributed by atoms with Crippen molar-refractivity contribution in [2.45, 2.75) is 0 Å². The van der Waals surface area contributed by atoms with Gasteiger partial charge in [-0.2, -0.15) is 0 Å². The molecule has 0 saturated carbocycles. The Labute approximate surface area is 114 Å². The fraction of sp³-hybridized carbons (Fsp3) is 0. The maximum atomic E-state index is 10.8. The number of carboxylic acid groups (broad SMARTS) is 1. The molecule has 0 bridgehead atoms. The maximum Gasteiger partial charge on any atom is 0.354 e. The van der Waals surface area contributed by atoms with E-state index in [1.54, 1.807) is 18.5 Å². The number of rotatable bonds is 3. The average molecular weight is 265 g/mol. The SMILES string of the molecule is O=C(O)c1ccc(Nc2cccc3cnccc23)cn1. The van der Waals surface area contributed by atoms with Crippen LogP contribution in [0.4, 0.5) is 11.4 Å². The van der Waals surface area contributed by atoms with E-state index in [2.05, 4.69) is 15.3 Å². The summed E-state index contributed by atoms with van der Waals surface area (Å²) in [7, 11) is 0. The fourth-order valence-corrected chi connectivity index (χ4v) is 1.98. The molecule has 0 aliphatic rings. The van der Waals surface area contributed by atoms with E-state index in [0.717, 1.165) is 22.1 Å². The van der Waals surface area contributed by atoms with E-state index in [1.165, 1.54) is 12.3 Å². The summed E-state index contributed by atoms with van der Waals surface area (Å²) in [5.41, 5.74) is 1.69. The van der Waals surface area contributed by atoms with Crippen LogP contribution in [0.25, 0.3) is 10.8 Å². The van der Waals surface area contributed by atoms with E-state index in [4.69, 9.17) is 5.11 Å². The van der Waals surface area contributed by atoms with Gasteiger partial charge in [0.25, 0.3) is 0 Å². The van der Waals surface area contributed by atoms with Gasteiger partial charge in [-0.15, -0.1) is 0 Å². The molecule has 20 heavy (non-hydrogen) atoms. The highest BCUT2D eigenvalue weighted by Gasteiger charge is 2.05. The van der Waals surface area contributed by atoms with E-state index in [0.29, 0.717) is 0 Å². The van der Waals surface area contributed by atoms with Crippen LogP contribution in [-0.4, -0.2) is 21.0 Å². The summed E-state index contributed by atoms with van der Waals surface area (Å²) in [4.78, 5) is 18.7. The maximum absolute atomic E-state index is 10.8. The van der Waals surface area contributed by atoms with Gasteiger partial charge in [-0.25, -0.2) is 9.78 Å². The molecule has 0 spiro atoms. The molecule has 3 rings (SSSR count). The molecule has 0 atom stereocenters. The lowest BCUT2D eigenvalue weighted by molar-refractivity contribution is 0.0690. The van der Waals surface area contributed by atoms with Gasteiger partial charge in [-0.05, 0) is 24.3 Å². The van der Waals surface area contributed by atoms with Gasteiger partial charge in [-0.3, -0.25) is 4.98 Å². The largest absolute Gasteiger partial charge is 0.477 e. The lowest BCUT2D eigenvalue weighted by Gasteiger charge is -2.09. The van der Waals surface area contributed by atoms with Crippen LogP contribution in [0.5, 0.6) is 0 Å². The van der Waals surface area contributed by atoms with Crippen LogP contribution < -0.4 is 5.32 Å². The predicted octanol–water partition coefficient (Wildman–Crippen LogP) is 3.07. The number of fused-ring (bicyclic) bond motifs is 1. The molecule has 0 aliphatic carbocycles. The quantitative estimate of drug-likeness (QED) is 0.761. The van der Waals surface area contributed by atoms with Gasteiger partial charge < -0.3 is 10.4 Å². The van der Waals surface area contributed by atoms with Crippen molar-refractivity contribution in [1.29, 1.82) is 0 Å². The lowest BCUT2D eigenvalue weighted by atomic mass is 10.1. The minimum atomic E-state index is -1.03. The van der Waals surface area contributed by atoms with Crippen LogP contribution in [-0.2, 0) is 0 Å². The summed E-state index contributed by atoms with van der Waals surface area (Å²) in [6.45, 7) is 0. The van der Waals surface area contributed by atoms with Crippen molar-refractivity contribution in [3.8, 4) is 0 Å². The molecule has 0 amide bonds. The zero-order chi connectivity index (χ0) is 13.9. The van der Waals surface area contributed by atoms with E-state index in [9.17, 15) is 4.79 Å². The van der Waals surface area contributed by atoms with Gasteiger partial charge in [0.05, 0.1) is 11.9 Å². The zero-order valence-electron chi connectivity index (χ0n) is 10.4. The van der Waals surface area contributed by atoms with Gasteiger partial charge in [0.1, 0.15) is 5.69 Å². The second-order valence-electron chi connectivity index (χ2n) is 4.26. The highest BCUT2D eigenvalue weighted by Crippen LogP contribution is 2.25. The van der Waals surface area contributed by atoms with E-state index in [-0.39, 0.29) is 5.69 Å². The molecular formula is C15H11N3O2. The van der Waals surface area contributed by atoms with Gasteiger partial charge in [0.2, 0.25) is 0 Å². The predicted molar refractivity (Wildman–Crippen MR) is 76.2 cm³/mol. The summed E-state index contributed by atoms with van der Waals surface area (Å²) < 4.78 is 0. The van der Waals surface area contributed by atoms with Crippen molar-refractivity contribution in [2.24, 2.45) is 0 Å². The highest BCUT2D eigenvalue weighted by atomic mass is 16.4. The number of nitrogens with one attached hydrogen (secondary N) is 1. The molecule has 1 aromatic carbocycles. The first-order valence-electron chi connectivity index (χ1n) is 6.03. The van der Waals surface area contributed by atoms with Gasteiger partial charge in [0, 0.05) is 28.9 Å². The average Bonchev–Trinajstić information content (AvgIpc) is 2.48. The number of pyridine rings is 2. The number of anilines is 2. The van der Waals surface area contributed by atoms with Crippen molar-refractivity contribution in [3.63, 3.8) is 0 Å². The Kier molecular flexibility index (Phi) is 3.01. The Balaban J connectivity index is 1.95. The summed E-state index contributed by atoms with van der Waals surface area (Å²) in [5, 5.41) is 14.1. The van der Waals surface area contributed by atoms with Crippen molar-refractivity contribution >= 4 is 28.1 Å². The van der Waals surface area contributed by atoms with Crippen LogP contribution in [0.15, 0.2) is 55.0 Å². The van der Waals surface area contributed by atoms with Crippen molar-refractivity contribution in [2.75, 3.05) is 5.32 Å². The Hall–Kier alpha value is -2.95. The van der Waals surface area contributed by atoms with Crippen LogP contribution in [0.3, 0.4) is 0 Å². The highest BCUT2D eigenvalue weighted by molar-refractivity contribution is 5.94. The molecule has 0 unspecified atom stereocenters. The summed E-state index contributed by atoms with van der Waals surface area (Å²) in [5.74, 6) is -1.03. The third-order valence-electron chi connectivity index (χ3n) is 2.94. The van der Waals surface area contributed by atoms with Gasteiger partial charge in [-0.1, -0.05) is 12.1 Å². The third-order valence-corrected chi connectivity index (χ3v) is 2.94. The Morgan fingerprint density at radius 3 is 2.75 bits per heavy atom. The summed E-state index contributed by atoms with van der Waals surface area (Å²) in [6, 6.07) is 11.0. The number of carboxylic acids is 1. The normalized spacial score (nSPS) is 10.4. The molecule has 98 valence electrons. The standard InChI is InChI=1S/C15H11N3O2/c19-15(20)14-5-4-11(9-17-14)18-13-3-1-2-10-8-16-7-6-12(10)13/h1-9,18H,(H,19,20). The lowest BCUT2D eigenvalue weighted by Crippen LogP contribution is -2.00. The second-order valence-corrected chi connectivity index (χ2v) is 4.26. The smallest absolute Gasteiger partial charge is 0.354 e. The molecule has 0 radical (unpaired) electrons. The van der Waals surface area contributed by atoms with Gasteiger partial charge >= 0.3 is 5.97 Å². The molecule has 0 fully saturated rings. The number of carbonyl (C=O) groups is 1. The first kappa shape index (κ1) is 12.1. The van der Waals surface area contributed by atoms with Crippen LogP contribution in [0, 0.1) is 0 Å². The van der Waals surface area contributed by atoms with Crippen LogP contribution in [0.1, 0.15) is 10.5 Å². The Bertz CT molecular complexity index is 764. The number of hydrogen-bond acceptors (Lipinski definition) is 4. The first-order valence-corrected chi connectivity index (χ1v) is 6.03. The van der Waals surface area contributed by atoms with E-state index < -0.39 is 5.97 Å². The zero-order valence-corrected chi connectivity index (χ0v) is 10.4. The number of aromatic nitrogens is 2. The Morgan fingerprint density at radius 1 is 1.10 bits per heavy atom. The molecule has 2 N–H and O–H groups in total. The van der Waals surface area contributed by atoms with E-state index >= 15 is 0 Å². The van der Waals surface area contributed by atoms with Crippen LogP contribution in [0.2, 0.25) is 0 Å². The Morgan fingerprint density at radius 2 is 2.00 bits per heavy atom. The topological polar surface area (TPSA) is 75.1 Å². The first-order chi connectivity index (χ1) is 9.74. The minimum absolute atomic E-state index is 0.0256. The molecule has 5 nitrogen and oxygen atoms in total. The minimum Gasteiger partial charge on any atom is -0.477 e. The number of nitrogens with zero attached hydrogens (tertiary/aromatic N) is 2. The number of hydrogen-bond donors (Lipinski definition) is 2. The number of aromatic carboxylic acids is 1. The van der Waals surface area contributed by atoms with Crippen LogP contribution >= 0.6 is 0 Å². The van der Waals surface area contributed by atoms with Crippen molar-refractivity contribution < 1.29 is 9.90 Å². The second kappa shape index (κ2) is 4.97. The van der Waals surface area contributed by atoms with Crippen molar-refractivity contribution in [1.82, 2.24) is 9.97 Å². The third kappa shape index (κ3) is 2.29. The molecule has 0 saturated heterocycles. The molecule has 3 aromatic rings. The molecule has 0 aliphatic heterocycles. The molecular weight excluding hydrogens is 254 g/mol. The fourth-order valence-electron chi connectivity index (χ4n) is 1.98. The molecule has 2 aromatic heterocycles. The molecule has 5 heteroatoms. The molecule has 2 heterocycles. The van der Waals surface area contributed by atoms with Gasteiger partial charge in [0.15, 0.2) is 0 Å². The summed E-state index contributed by atoms with van der Waals surface area (Å²) in [6.07, 6.45) is 5.04. The van der Waals surface area contributed by atoms with Crippen molar-refractivity contribution in [3.05, 3.63) is 60.7 Å². The van der Waals surface area contributed by atoms with E-state index in [1.807, 2.05) is 24.3 Å². The number of benzene rings is 1.